The molecule has 0 aliphatic carbocycles. The van der Waals surface area contributed by atoms with Gasteiger partial charge in [-0.2, -0.15) is 0 Å². The summed E-state index contributed by atoms with van der Waals surface area (Å²) < 4.78 is 28.4. The molecule has 0 bridgehead atoms. The van der Waals surface area contributed by atoms with E-state index in [2.05, 4.69) is 5.32 Å². The zero-order chi connectivity index (χ0) is 34.6. The number of benzene rings is 2. The number of aryl methyl sites for hydroxylation is 1. The number of carbonyl (C=O) groups excluding carboxylic acids is 5. The summed E-state index contributed by atoms with van der Waals surface area (Å²) in [5.41, 5.74) is 4.31. The van der Waals surface area contributed by atoms with Gasteiger partial charge < -0.3 is 29.4 Å². The van der Waals surface area contributed by atoms with Crippen LogP contribution in [0.25, 0.3) is 0 Å². The van der Waals surface area contributed by atoms with Gasteiger partial charge >= 0.3 is 24.0 Å². The topological polar surface area (TPSA) is 170 Å². The molecular formula is C34H44N2O10. The Morgan fingerprint density at radius 2 is 1.50 bits per heavy atom. The number of ether oxygens (including phenoxy) is 5. The first kappa shape index (κ1) is 35.9. The van der Waals surface area contributed by atoms with Gasteiger partial charge in [0.15, 0.2) is 11.5 Å². The molecule has 250 valence electrons. The van der Waals surface area contributed by atoms with Gasteiger partial charge in [0.2, 0.25) is 0 Å². The molecule has 0 saturated carbocycles. The van der Waals surface area contributed by atoms with E-state index < -0.39 is 59.1 Å². The van der Waals surface area contributed by atoms with E-state index in [1.165, 1.54) is 24.3 Å². The fourth-order valence-corrected chi connectivity index (χ4v) is 4.62. The first-order valence-electron chi connectivity index (χ1n) is 15.0. The zero-order valence-corrected chi connectivity index (χ0v) is 28.0. The molecule has 2 aromatic carbocycles. The number of hydrogen-bond donors (Lipinski definition) is 2. The van der Waals surface area contributed by atoms with Crippen molar-refractivity contribution in [3.63, 3.8) is 0 Å². The minimum absolute atomic E-state index is 0.0683. The Hall–Kier alpha value is -4.61. The summed E-state index contributed by atoms with van der Waals surface area (Å²) in [5.74, 6) is -4.84. The molecule has 0 fully saturated rings. The minimum atomic E-state index is -1.30. The number of hydrogen-bond acceptors (Lipinski definition) is 10. The van der Waals surface area contributed by atoms with Crippen LogP contribution in [0.15, 0.2) is 30.3 Å². The van der Waals surface area contributed by atoms with Crippen LogP contribution in [0, 0.1) is 0 Å². The van der Waals surface area contributed by atoms with Gasteiger partial charge in [-0.1, -0.05) is 6.07 Å². The number of amides is 2. The maximum atomic E-state index is 13.8. The van der Waals surface area contributed by atoms with Crippen molar-refractivity contribution < 1.29 is 47.7 Å². The van der Waals surface area contributed by atoms with Crippen molar-refractivity contribution in [3.05, 3.63) is 52.6 Å². The van der Waals surface area contributed by atoms with Gasteiger partial charge in [-0.3, -0.25) is 19.7 Å². The van der Waals surface area contributed by atoms with E-state index in [9.17, 15) is 24.0 Å². The fourth-order valence-electron chi connectivity index (χ4n) is 4.62. The van der Waals surface area contributed by atoms with Gasteiger partial charge in [-0.15, -0.1) is 0 Å². The highest BCUT2D eigenvalue weighted by atomic mass is 16.6. The first-order valence-corrected chi connectivity index (χ1v) is 15.0. The second-order valence-electron chi connectivity index (χ2n) is 13.9. The molecule has 0 saturated heterocycles. The monoisotopic (exact) mass is 640 g/mol. The van der Waals surface area contributed by atoms with E-state index in [1.807, 2.05) is 0 Å². The zero-order valence-electron chi connectivity index (χ0n) is 28.0. The molecule has 46 heavy (non-hydrogen) atoms. The normalized spacial score (nSPS) is 14.3. The van der Waals surface area contributed by atoms with Crippen LogP contribution < -0.4 is 20.5 Å². The lowest BCUT2D eigenvalue weighted by Gasteiger charge is -2.27. The molecule has 12 heteroatoms. The van der Waals surface area contributed by atoms with Crippen molar-refractivity contribution in [2.75, 3.05) is 11.9 Å². The Kier molecular flexibility index (Phi) is 10.8. The number of esters is 3. The molecule has 1 atom stereocenters. The van der Waals surface area contributed by atoms with E-state index in [4.69, 9.17) is 29.4 Å². The lowest BCUT2D eigenvalue weighted by atomic mass is 9.92. The van der Waals surface area contributed by atoms with Crippen LogP contribution in [-0.4, -0.2) is 53.3 Å². The highest BCUT2D eigenvalue weighted by Gasteiger charge is 2.36. The Morgan fingerprint density at radius 1 is 0.870 bits per heavy atom. The molecule has 3 N–H and O–H groups in total. The van der Waals surface area contributed by atoms with Crippen molar-refractivity contribution in [1.29, 1.82) is 0 Å². The Morgan fingerprint density at radius 3 is 2.09 bits per heavy atom. The van der Waals surface area contributed by atoms with Crippen LogP contribution in [0.1, 0.15) is 113 Å². The Bertz CT molecular complexity index is 1510. The quantitative estimate of drug-likeness (QED) is 0.222. The lowest BCUT2D eigenvalue weighted by Crippen LogP contribution is -2.31. The molecule has 1 aliphatic rings. The van der Waals surface area contributed by atoms with E-state index >= 15 is 0 Å². The van der Waals surface area contributed by atoms with Crippen LogP contribution in [0.2, 0.25) is 0 Å². The number of carbonyl (C=O) groups is 5. The van der Waals surface area contributed by atoms with Crippen molar-refractivity contribution in [1.82, 2.24) is 0 Å². The molecule has 0 unspecified atom stereocenters. The minimum Gasteiger partial charge on any atom is -0.489 e. The summed E-state index contributed by atoms with van der Waals surface area (Å²) in [7, 11) is 0. The molecule has 0 spiro atoms. The number of rotatable bonds is 6. The van der Waals surface area contributed by atoms with Crippen molar-refractivity contribution >= 4 is 35.6 Å². The second-order valence-corrected chi connectivity index (χ2v) is 13.9. The second kappa shape index (κ2) is 13.8. The van der Waals surface area contributed by atoms with Crippen LogP contribution >= 0.6 is 0 Å². The number of nitrogens with one attached hydrogen (secondary N) is 1. The number of nitrogens with two attached hydrogens (primary N) is 1. The predicted octanol–water partition coefficient (Wildman–Crippen LogP) is 5.83. The number of anilines is 1. The van der Waals surface area contributed by atoms with Gasteiger partial charge in [0.1, 0.15) is 16.8 Å². The molecule has 2 aromatic rings. The van der Waals surface area contributed by atoms with E-state index in [-0.39, 0.29) is 34.8 Å². The molecule has 3 rings (SSSR count). The highest BCUT2D eigenvalue weighted by molar-refractivity contribution is 5.99. The van der Waals surface area contributed by atoms with Crippen molar-refractivity contribution in [2.45, 2.75) is 104 Å². The van der Waals surface area contributed by atoms with Crippen LogP contribution in [0.4, 0.5) is 10.5 Å². The van der Waals surface area contributed by atoms with E-state index in [1.54, 1.807) is 68.4 Å². The third-order valence-corrected chi connectivity index (χ3v) is 6.27. The number of primary amides is 1. The van der Waals surface area contributed by atoms with Gasteiger partial charge in [0.25, 0.3) is 5.91 Å². The van der Waals surface area contributed by atoms with Gasteiger partial charge in [-0.25, -0.2) is 9.59 Å². The summed E-state index contributed by atoms with van der Waals surface area (Å²) in [5, 5.41) is 2.66. The summed E-state index contributed by atoms with van der Waals surface area (Å²) >= 11 is 0. The van der Waals surface area contributed by atoms with E-state index in [0.29, 0.717) is 24.1 Å². The Balaban J connectivity index is 2.13. The van der Waals surface area contributed by atoms with Crippen LogP contribution in [0.5, 0.6) is 11.5 Å². The summed E-state index contributed by atoms with van der Waals surface area (Å²) in [6, 6.07) is 7.39. The lowest BCUT2D eigenvalue weighted by molar-refractivity contribution is -0.164. The molecule has 2 amide bonds. The summed E-state index contributed by atoms with van der Waals surface area (Å²) in [6.45, 7) is 15.4. The predicted molar refractivity (Wildman–Crippen MR) is 169 cm³/mol. The SMILES string of the molecule is CC(C)(C)OC(=O)C[C@H](C(=O)OC(C)(C)C)c1ccc(C(N)=O)c2c1OC(=O)c1ccc(NC(=O)OC(C)(C)C)cc1CCCO2. The summed E-state index contributed by atoms with van der Waals surface area (Å²) in [6.07, 6.45) is -0.365. The molecule has 1 heterocycles. The fraction of sp³-hybridized carbons (Fsp3) is 0.500. The third kappa shape index (κ3) is 10.2. The standard InChI is InChI=1S/C34H44N2O10/c1-32(2,3)44-25(37)18-24(30(40)45-33(4,5)6)22-14-15-23(28(35)38)26-27(22)43-29(39)21-13-12-20(17-19(21)11-10-16-42-26)36-31(41)46-34(7,8)9/h12-15,17,24H,10-11,16,18H2,1-9H3,(H2,35,38)(H,36,41)/t24-/m0/s1. The molecule has 0 aromatic heterocycles. The Labute approximate surface area is 269 Å². The molecular weight excluding hydrogens is 596 g/mol. The highest BCUT2D eigenvalue weighted by Crippen LogP contribution is 2.42. The van der Waals surface area contributed by atoms with Gasteiger partial charge in [0.05, 0.1) is 30.1 Å². The average molecular weight is 641 g/mol. The van der Waals surface area contributed by atoms with Gasteiger partial charge in [-0.05, 0) is 105 Å². The largest absolute Gasteiger partial charge is 0.489 e. The first-order chi connectivity index (χ1) is 21.1. The van der Waals surface area contributed by atoms with Gasteiger partial charge in [0, 0.05) is 11.3 Å². The molecule has 0 radical (unpaired) electrons. The van der Waals surface area contributed by atoms with E-state index in [0.717, 1.165) is 0 Å². The van der Waals surface area contributed by atoms with Crippen LogP contribution in [0.3, 0.4) is 0 Å². The van der Waals surface area contributed by atoms with Crippen LogP contribution in [-0.2, 0) is 30.2 Å². The maximum absolute atomic E-state index is 13.8. The average Bonchev–Trinajstić information content (AvgIpc) is 2.86. The number of fused-ring (bicyclic) bond motifs is 2. The summed E-state index contributed by atoms with van der Waals surface area (Å²) in [4.78, 5) is 65.2. The maximum Gasteiger partial charge on any atom is 0.412 e. The molecule has 12 nitrogen and oxygen atoms in total. The third-order valence-electron chi connectivity index (χ3n) is 6.27. The smallest absolute Gasteiger partial charge is 0.412 e. The van der Waals surface area contributed by atoms with Crippen molar-refractivity contribution in [3.8, 4) is 11.5 Å². The van der Waals surface area contributed by atoms with Crippen molar-refractivity contribution in [2.24, 2.45) is 5.73 Å². The molecule has 1 aliphatic heterocycles.